The number of carbonyl (C=O) groups excluding carboxylic acids is 2. The topological polar surface area (TPSA) is 75.4 Å². The molecule has 0 atom stereocenters. The second kappa shape index (κ2) is 9.77. The van der Waals surface area contributed by atoms with Crippen LogP contribution in [0.25, 0.3) is 0 Å². The van der Waals surface area contributed by atoms with Crippen molar-refractivity contribution in [1.29, 1.82) is 0 Å². The maximum Gasteiger partial charge on any atom is 0.224 e. The number of nitrogens with two attached hydrogens (primary N) is 1. The van der Waals surface area contributed by atoms with E-state index in [2.05, 4.69) is 5.32 Å². The fourth-order valence-electron chi connectivity index (χ4n) is 2.94. The molecule has 5 nitrogen and oxygen atoms in total. The summed E-state index contributed by atoms with van der Waals surface area (Å²) in [5, 5.41) is 2.85. The van der Waals surface area contributed by atoms with Crippen LogP contribution in [0, 0.1) is 5.92 Å². The Labute approximate surface area is 128 Å². The van der Waals surface area contributed by atoms with Crippen LogP contribution in [-0.2, 0) is 9.59 Å². The molecule has 0 radical (unpaired) electrons. The number of nitrogens with one attached hydrogen (secondary N) is 1. The molecule has 0 spiro atoms. The third-order valence-electron chi connectivity index (χ3n) is 4.45. The molecule has 1 aliphatic carbocycles. The van der Waals surface area contributed by atoms with Crippen molar-refractivity contribution < 1.29 is 9.59 Å². The molecule has 0 aromatic carbocycles. The lowest BCUT2D eigenvalue weighted by atomic mass is 9.84. The van der Waals surface area contributed by atoms with Gasteiger partial charge in [-0.2, -0.15) is 0 Å². The second-order valence-corrected chi connectivity index (χ2v) is 5.99. The van der Waals surface area contributed by atoms with Gasteiger partial charge in [0, 0.05) is 38.5 Å². The Balaban J connectivity index is 2.10. The Morgan fingerprint density at radius 1 is 1.10 bits per heavy atom. The molecular formula is C16H31N3O2. The van der Waals surface area contributed by atoms with Gasteiger partial charge in [0.2, 0.25) is 11.8 Å². The monoisotopic (exact) mass is 297 g/mol. The zero-order valence-electron chi connectivity index (χ0n) is 13.6. The number of hydrogen-bond donors (Lipinski definition) is 2. The molecule has 1 aliphatic rings. The lowest BCUT2D eigenvalue weighted by Crippen LogP contribution is -2.34. The molecule has 21 heavy (non-hydrogen) atoms. The van der Waals surface area contributed by atoms with Crippen molar-refractivity contribution in [3.05, 3.63) is 0 Å². The van der Waals surface area contributed by atoms with Crippen molar-refractivity contribution in [1.82, 2.24) is 10.2 Å². The molecular weight excluding hydrogens is 266 g/mol. The van der Waals surface area contributed by atoms with E-state index in [0.29, 0.717) is 31.3 Å². The van der Waals surface area contributed by atoms with E-state index in [4.69, 9.17) is 5.73 Å². The summed E-state index contributed by atoms with van der Waals surface area (Å²) in [5.41, 5.74) is 5.88. The summed E-state index contributed by atoms with van der Waals surface area (Å²) < 4.78 is 0. The van der Waals surface area contributed by atoms with Gasteiger partial charge in [-0.15, -0.1) is 0 Å². The SMILES string of the molecule is CCN(CC)C(=O)CCNC(=O)CCC1CCC(N)CC1. The largest absolute Gasteiger partial charge is 0.356 e. The van der Waals surface area contributed by atoms with Crippen LogP contribution in [0.1, 0.15) is 58.8 Å². The van der Waals surface area contributed by atoms with Gasteiger partial charge in [0.05, 0.1) is 0 Å². The predicted molar refractivity (Wildman–Crippen MR) is 84.7 cm³/mol. The van der Waals surface area contributed by atoms with E-state index in [1.54, 1.807) is 4.90 Å². The first kappa shape index (κ1) is 18.0. The number of amides is 2. The predicted octanol–water partition coefficient (Wildman–Crippen LogP) is 1.66. The van der Waals surface area contributed by atoms with E-state index in [-0.39, 0.29) is 11.8 Å². The van der Waals surface area contributed by atoms with Crippen LogP contribution in [0.5, 0.6) is 0 Å². The Kier molecular flexibility index (Phi) is 8.35. The van der Waals surface area contributed by atoms with E-state index >= 15 is 0 Å². The van der Waals surface area contributed by atoms with Crippen LogP contribution in [0.2, 0.25) is 0 Å². The van der Waals surface area contributed by atoms with E-state index in [1.165, 1.54) is 0 Å². The Morgan fingerprint density at radius 2 is 1.71 bits per heavy atom. The van der Waals surface area contributed by atoms with Crippen LogP contribution in [0.15, 0.2) is 0 Å². The normalized spacial score (nSPS) is 21.9. The zero-order chi connectivity index (χ0) is 15.7. The molecule has 0 heterocycles. The molecule has 3 N–H and O–H groups in total. The van der Waals surface area contributed by atoms with Gasteiger partial charge in [-0.05, 0) is 51.9 Å². The summed E-state index contributed by atoms with van der Waals surface area (Å²) in [6.45, 7) is 5.84. The molecule has 0 aromatic heterocycles. The molecule has 5 heteroatoms. The van der Waals surface area contributed by atoms with Crippen LogP contribution < -0.4 is 11.1 Å². The molecule has 0 aliphatic heterocycles. The minimum Gasteiger partial charge on any atom is -0.356 e. The first-order valence-corrected chi connectivity index (χ1v) is 8.36. The van der Waals surface area contributed by atoms with Crippen LogP contribution in [0.3, 0.4) is 0 Å². The van der Waals surface area contributed by atoms with E-state index in [1.807, 2.05) is 13.8 Å². The van der Waals surface area contributed by atoms with Gasteiger partial charge in [0.1, 0.15) is 0 Å². The highest BCUT2D eigenvalue weighted by Crippen LogP contribution is 2.26. The highest BCUT2D eigenvalue weighted by atomic mass is 16.2. The van der Waals surface area contributed by atoms with E-state index < -0.39 is 0 Å². The van der Waals surface area contributed by atoms with Gasteiger partial charge in [-0.25, -0.2) is 0 Å². The van der Waals surface area contributed by atoms with Gasteiger partial charge < -0.3 is 16.0 Å². The lowest BCUT2D eigenvalue weighted by Gasteiger charge is -2.25. The summed E-state index contributed by atoms with van der Waals surface area (Å²) in [4.78, 5) is 25.4. The Bertz CT molecular complexity index is 321. The lowest BCUT2D eigenvalue weighted by molar-refractivity contribution is -0.130. The second-order valence-electron chi connectivity index (χ2n) is 5.99. The summed E-state index contributed by atoms with van der Waals surface area (Å²) in [6, 6.07) is 0.362. The third-order valence-corrected chi connectivity index (χ3v) is 4.45. The molecule has 2 amide bonds. The van der Waals surface area contributed by atoms with Crippen LogP contribution in [0.4, 0.5) is 0 Å². The number of nitrogens with zero attached hydrogens (tertiary/aromatic N) is 1. The van der Waals surface area contributed by atoms with Crippen LogP contribution >= 0.6 is 0 Å². The van der Waals surface area contributed by atoms with E-state index in [9.17, 15) is 9.59 Å². The highest BCUT2D eigenvalue weighted by Gasteiger charge is 2.19. The molecule has 1 fully saturated rings. The molecule has 1 saturated carbocycles. The molecule has 1 rings (SSSR count). The summed E-state index contributed by atoms with van der Waals surface area (Å²) >= 11 is 0. The van der Waals surface area contributed by atoms with Crippen molar-refractivity contribution in [3.63, 3.8) is 0 Å². The zero-order valence-corrected chi connectivity index (χ0v) is 13.6. The molecule has 122 valence electrons. The van der Waals surface area contributed by atoms with E-state index in [0.717, 1.165) is 45.2 Å². The van der Waals surface area contributed by atoms with Crippen LogP contribution in [-0.4, -0.2) is 42.4 Å². The average molecular weight is 297 g/mol. The van der Waals surface area contributed by atoms with Crippen molar-refractivity contribution in [2.24, 2.45) is 11.7 Å². The summed E-state index contributed by atoms with van der Waals surface area (Å²) in [7, 11) is 0. The first-order chi connectivity index (χ1) is 10.1. The Hall–Kier alpha value is -1.10. The fraction of sp³-hybridized carbons (Fsp3) is 0.875. The summed E-state index contributed by atoms with van der Waals surface area (Å²) in [5.74, 6) is 0.826. The number of carbonyl (C=O) groups is 2. The standard InChI is InChI=1S/C16H31N3O2/c1-3-19(4-2)16(21)11-12-18-15(20)10-7-13-5-8-14(17)9-6-13/h13-14H,3-12,17H2,1-2H3,(H,18,20). The van der Waals surface area contributed by atoms with Crippen molar-refractivity contribution in [2.45, 2.75) is 64.8 Å². The van der Waals surface area contributed by atoms with Gasteiger partial charge in [0.15, 0.2) is 0 Å². The fourth-order valence-corrected chi connectivity index (χ4v) is 2.94. The van der Waals surface area contributed by atoms with Gasteiger partial charge in [-0.1, -0.05) is 0 Å². The number of hydrogen-bond acceptors (Lipinski definition) is 3. The Morgan fingerprint density at radius 3 is 2.29 bits per heavy atom. The van der Waals surface area contributed by atoms with Crippen molar-refractivity contribution >= 4 is 11.8 Å². The third kappa shape index (κ3) is 6.93. The maximum atomic E-state index is 11.8. The molecule has 0 saturated heterocycles. The van der Waals surface area contributed by atoms with Gasteiger partial charge >= 0.3 is 0 Å². The minimum atomic E-state index is 0.0669. The van der Waals surface area contributed by atoms with Crippen molar-refractivity contribution in [2.75, 3.05) is 19.6 Å². The maximum absolute atomic E-state index is 11.8. The molecule has 0 bridgehead atoms. The smallest absolute Gasteiger partial charge is 0.224 e. The molecule has 0 aromatic rings. The summed E-state index contributed by atoms with van der Waals surface area (Å²) in [6.07, 6.45) is 6.38. The average Bonchev–Trinajstić information content (AvgIpc) is 2.48. The first-order valence-electron chi connectivity index (χ1n) is 8.36. The molecule has 0 unspecified atom stereocenters. The van der Waals surface area contributed by atoms with Gasteiger partial charge in [-0.3, -0.25) is 9.59 Å². The quantitative estimate of drug-likeness (QED) is 0.715. The number of rotatable bonds is 8. The van der Waals surface area contributed by atoms with Crippen molar-refractivity contribution in [3.8, 4) is 0 Å². The van der Waals surface area contributed by atoms with Gasteiger partial charge in [0.25, 0.3) is 0 Å². The highest BCUT2D eigenvalue weighted by molar-refractivity contribution is 5.79. The minimum absolute atomic E-state index is 0.0669.